The van der Waals surface area contributed by atoms with E-state index < -0.39 is 17.8 Å². The summed E-state index contributed by atoms with van der Waals surface area (Å²) in [4.78, 5) is 37.6. The largest absolute Gasteiger partial charge is 0.478 e. The van der Waals surface area contributed by atoms with Gasteiger partial charge in [-0.2, -0.15) is 0 Å². The number of rotatable bonds is 7. The summed E-state index contributed by atoms with van der Waals surface area (Å²) in [7, 11) is 0. The summed E-state index contributed by atoms with van der Waals surface area (Å²) in [6.45, 7) is 3.50. The Morgan fingerprint density at radius 2 is 1.37 bits per heavy atom. The van der Waals surface area contributed by atoms with Crippen molar-refractivity contribution in [1.29, 1.82) is 0 Å². The second-order valence-electron chi connectivity index (χ2n) is 8.06. The van der Waals surface area contributed by atoms with Crippen molar-refractivity contribution in [3.05, 3.63) is 101 Å². The zero-order valence-corrected chi connectivity index (χ0v) is 20.0. The fourth-order valence-corrected chi connectivity index (χ4v) is 4.60. The summed E-state index contributed by atoms with van der Waals surface area (Å²) in [5, 5.41) is 14.2. The van der Waals surface area contributed by atoms with E-state index in [1.165, 1.54) is 23.5 Å². The Hall–Kier alpha value is -4.23. The van der Waals surface area contributed by atoms with Crippen LogP contribution in [0.2, 0.25) is 0 Å². The van der Waals surface area contributed by atoms with Crippen molar-refractivity contribution in [2.24, 2.45) is 0 Å². The van der Waals surface area contributed by atoms with Crippen molar-refractivity contribution in [1.82, 2.24) is 0 Å². The Morgan fingerprint density at radius 1 is 0.800 bits per heavy atom. The number of hydrogen-bond donors (Lipinski definition) is 2. The number of benzene rings is 3. The molecule has 0 spiro atoms. The SMILES string of the molecule is CC(C)OC(=O)c1c(-c2ccc(-c3ccccc3)cc2)csc1NC(=O)c1ccccc1C(=O)O. The number of thiophene rings is 1. The van der Waals surface area contributed by atoms with Gasteiger partial charge in [-0.3, -0.25) is 4.79 Å². The first-order valence-electron chi connectivity index (χ1n) is 11.0. The van der Waals surface area contributed by atoms with Gasteiger partial charge in [-0.15, -0.1) is 11.3 Å². The van der Waals surface area contributed by atoms with Crippen molar-refractivity contribution in [2.45, 2.75) is 20.0 Å². The number of esters is 1. The first-order chi connectivity index (χ1) is 16.8. The minimum absolute atomic E-state index is 0.00495. The van der Waals surface area contributed by atoms with Crippen LogP contribution in [0.5, 0.6) is 0 Å². The number of ether oxygens (including phenoxy) is 1. The molecule has 1 amide bonds. The Kier molecular flexibility index (Phi) is 7.08. The molecule has 0 radical (unpaired) electrons. The topological polar surface area (TPSA) is 92.7 Å². The fourth-order valence-electron chi connectivity index (χ4n) is 3.65. The molecule has 0 atom stereocenters. The summed E-state index contributed by atoms with van der Waals surface area (Å²) >= 11 is 1.18. The van der Waals surface area contributed by atoms with E-state index in [-0.39, 0.29) is 22.8 Å². The maximum atomic E-state index is 13.1. The lowest BCUT2D eigenvalue weighted by Gasteiger charge is -2.12. The Labute approximate surface area is 206 Å². The fraction of sp³-hybridized carbons (Fsp3) is 0.107. The average Bonchev–Trinajstić information content (AvgIpc) is 3.27. The van der Waals surface area contributed by atoms with Crippen LogP contribution in [0, 0.1) is 0 Å². The van der Waals surface area contributed by atoms with E-state index in [9.17, 15) is 19.5 Å². The van der Waals surface area contributed by atoms with Crippen LogP contribution in [0.1, 0.15) is 44.9 Å². The van der Waals surface area contributed by atoms with Crippen LogP contribution in [0.15, 0.2) is 84.2 Å². The van der Waals surface area contributed by atoms with Crippen molar-refractivity contribution < 1.29 is 24.2 Å². The highest BCUT2D eigenvalue weighted by atomic mass is 32.1. The molecule has 0 saturated carbocycles. The molecule has 0 saturated heterocycles. The summed E-state index contributed by atoms with van der Waals surface area (Å²) in [6.07, 6.45) is -0.355. The summed E-state index contributed by atoms with van der Waals surface area (Å²) < 4.78 is 5.46. The maximum Gasteiger partial charge on any atom is 0.342 e. The van der Waals surface area contributed by atoms with Gasteiger partial charge in [0.25, 0.3) is 5.91 Å². The predicted molar refractivity (Wildman–Crippen MR) is 137 cm³/mol. The molecule has 1 aromatic heterocycles. The van der Waals surface area contributed by atoms with Gasteiger partial charge in [0, 0.05) is 10.9 Å². The van der Waals surface area contributed by atoms with Gasteiger partial charge in [0.05, 0.1) is 17.2 Å². The third-order valence-electron chi connectivity index (χ3n) is 5.27. The van der Waals surface area contributed by atoms with Gasteiger partial charge in [0.1, 0.15) is 10.6 Å². The smallest absolute Gasteiger partial charge is 0.342 e. The van der Waals surface area contributed by atoms with E-state index >= 15 is 0 Å². The monoisotopic (exact) mass is 485 g/mol. The van der Waals surface area contributed by atoms with Gasteiger partial charge in [-0.1, -0.05) is 66.7 Å². The molecule has 4 aromatic rings. The Morgan fingerprint density at radius 3 is 2.00 bits per heavy atom. The van der Waals surface area contributed by atoms with E-state index in [2.05, 4.69) is 5.32 Å². The van der Waals surface area contributed by atoms with Crippen molar-refractivity contribution in [2.75, 3.05) is 5.32 Å². The molecule has 0 unspecified atom stereocenters. The van der Waals surface area contributed by atoms with Crippen LogP contribution >= 0.6 is 11.3 Å². The van der Waals surface area contributed by atoms with Crippen molar-refractivity contribution in [3.63, 3.8) is 0 Å². The molecule has 3 aromatic carbocycles. The van der Waals surface area contributed by atoms with Gasteiger partial charge in [-0.25, -0.2) is 9.59 Å². The van der Waals surface area contributed by atoms with E-state index in [1.807, 2.05) is 54.6 Å². The van der Waals surface area contributed by atoms with Crippen LogP contribution in [0.3, 0.4) is 0 Å². The highest BCUT2D eigenvalue weighted by Crippen LogP contribution is 2.37. The van der Waals surface area contributed by atoms with Crippen LogP contribution in [-0.4, -0.2) is 29.1 Å². The molecule has 0 aliphatic rings. The minimum Gasteiger partial charge on any atom is -0.478 e. The molecular weight excluding hydrogens is 462 g/mol. The predicted octanol–water partition coefficient (Wildman–Crippen LogP) is 6.60. The number of hydrogen-bond acceptors (Lipinski definition) is 5. The standard InChI is InChI=1S/C28H23NO5S/c1-17(2)34-28(33)24-23(20-14-12-19(13-15-20)18-8-4-3-5-9-18)16-35-26(24)29-25(30)21-10-6-7-11-22(21)27(31)32/h3-17H,1-2H3,(H,29,30)(H,31,32). The second-order valence-corrected chi connectivity index (χ2v) is 8.94. The molecule has 35 heavy (non-hydrogen) atoms. The number of aromatic carboxylic acids is 1. The van der Waals surface area contributed by atoms with Gasteiger partial charge in [0.15, 0.2) is 0 Å². The van der Waals surface area contributed by atoms with E-state index in [1.54, 1.807) is 31.4 Å². The Bertz CT molecular complexity index is 1370. The number of carbonyl (C=O) groups is 3. The number of anilines is 1. The molecule has 0 aliphatic heterocycles. The normalized spacial score (nSPS) is 10.7. The van der Waals surface area contributed by atoms with Gasteiger partial charge >= 0.3 is 11.9 Å². The zero-order valence-electron chi connectivity index (χ0n) is 19.1. The van der Waals surface area contributed by atoms with Gasteiger partial charge < -0.3 is 15.2 Å². The lowest BCUT2D eigenvalue weighted by Crippen LogP contribution is -2.18. The molecule has 0 fully saturated rings. The number of amides is 1. The molecule has 176 valence electrons. The number of nitrogens with one attached hydrogen (secondary N) is 1. The first-order valence-corrected chi connectivity index (χ1v) is 11.8. The molecule has 2 N–H and O–H groups in total. The Balaban J connectivity index is 1.71. The van der Waals surface area contributed by atoms with E-state index in [4.69, 9.17) is 4.74 Å². The van der Waals surface area contributed by atoms with Crippen LogP contribution in [-0.2, 0) is 4.74 Å². The highest BCUT2D eigenvalue weighted by molar-refractivity contribution is 7.15. The molecule has 1 heterocycles. The van der Waals surface area contributed by atoms with E-state index in [0.717, 1.165) is 16.7 Å². The quantitative estimate of drug-likeness (QED) is 0.288. The van der Waals surface area contributed by atoms with Crippen molar-refractivity contribution in [3.8, 4) is 22.3 Å². The number of carboxylic acids is 1. The molecule has 0 bridgehead atoms. The maximum absolute atomic E-state index is 13.1. The minimum atomic E-state index is -1.21. The van der Waals surface area contributed by atoms with Crippen LogP contribution < -0.4 is 5.32 Å². The number of carboxylic acid groups (broad SMARTS) is 1. The lowest BCUT2D eigenvalue weighted by atomic mass is 9.99. The van der Waals surface area contributed by atoms with E-state index in [0.29, 0.717) is 10.6 Å². The summed E-state index contributed by atoms with van der Waals surface area (Å²) in [5.41, 5.74) is 3.65. The number of carbonyl (C=O) groups excluding carboxylic acids is 2. The van der Waals surface area contributed by atoms with Crippen LogP contribution in [0.4, 0.5) is 5.00 Å². The summed E-state index contributed by atoms with van der Waals surface area (Å²) in [5.74, 6) is -2.39. The molecule has 6 nitrogen and oxygen atoms in total. The molecule has 7 heteroatoms. The third kappa shape index (κ3) is 5.31. The molecular formula is C28H23NO5S. The highest BCUT2D eigenvalue weighted by Gasteiger charge is 2.25. The first kappa shape index (κ1) is 23.9. The zero-order chi connectivity index (χ0) is 24.9. The second kappa shape index (κ2) is 10.4. The van der Waals surface area contributed by atoms with Gasteiger partial charge in [-0.05, 0) is 42.7 Å². The van der Waals surface area contributed by atoms with Crippen LogP contribution in [0.25, 0.3) is 22.3 Å². The summed E-state index contributed by atoms with van der Waals surface area (Å²) in [6, 6.07) is 23.7. The van der Waals surface area contributed by atoms with Crippen molar-refractivity contribution >= 4 is 34.2 Å². The van der Waals surface area contributed by atoms with Gasteiger partial charge in [0.2, 0.25) is 0 Å². The third-order valence-corrected chi connectivity index (χ3v) is 6.17. The lowest BCUT2D eigenvalue weighted by molar-refractivity contribution is 0.0380. The molecule has 4 rings (SSSR count). The molecule has 0 aliphatic carbocycles. The average molecular weight is 486 g/mol.